The van der Waals surface area contributed by atoms with Crippen molar-refractivity contribution in [2.75, 3.05) is 0 Å². The van der Waals surface area contributed by atoms with Gasteiger partial charge in [0.05, 0.1) is 11.6 Å². The number of hydrogen-bond donors (Lipinski definition) is 1. The van der Waals surface area contributed by atoms with E-state index in [0.29, 0.717) is 0 Å². The summed E-state index contributed by atoms with van der Waals surface area (Å²) in [6.07, 6.45) is 3.80. The Labute approximate surface area is 178 Å². The van der Waals surface area contributed by atoms with Gasteiger partial charge < -0.3 is 0 Å². The van der Waals surface area contributed by atoms with E-state index in [4.69, 9.17) is 0 Å². The highest BCUT2D eigenvalue weighted by molar-refractivity contribution is 6.01. The number of hydrazone groups is 1. The Morgan fingerprint density at radius 3 is 1.97 bits per heavy atom. The van der Waals surface area contributed by atoms with Crippen molar-refractivity contribution in [3.63, 3.8) is 0 Å². The van der Waals surface area contributed by atoms with Gasteiger partial charge in [-0.3, -0.25) is 4.79 Å². The summed E-state index contributed by atoms with van der Waals surface area (Å²) in [5.41, 5.74) is 7.02. The van der Waals surface area contributed by atoms with Gasteiger partial charge in [-0.2, -0.15) is 5.10 Å². The summed E-state index contributed by atoms with van der Waals surface area (Å²) in [5.74, 6) is -0.123. The molecule has 0 aromatic heterocycles. The van der Waals surface area contributed by atoms with E-state index in [1.165, 1.54) is 11.1 Å². The first-order chi connectivity index (χ1) is 14.8. The fourth-order valence-corrected chi connectivity index (χ4v) is 4.30. The number of nitrogens with one attached hydrogen (secondary N) is 1. The summed E-state index contributed by atoms with van der Waals surface area (Å²) in [7, 11) is 0. The fourth-order valence-electron chi connectivity index (χ4n) is 4.30. The molecule has 3 nitrogen and oxygen atoms in total. The van der Waals surface area contributed by atoms with Crippen molar-refractivity contribution in [1.82, 2.24) is 5.43 Å². The van der Waals surface area contributed by atoms with Gasteiger partial charge in [0.1, 0.15) is 0 Å². The smallest absolute Gasteiger partial charge is 0.244 e. The summed E-state index contributed by atoms with van der Waals surface area (Å²) in [5, 5.41) is 4.56. The van der Waals surface area contributed by atoms with Crippen LogP contribution in [0.5, 0.6) is 0 Å². The molecule has 1 atom stereocenters. The average Bonchev–Trinajstić information content (AvgIpc) is 3.58. The molecule has 1 fully saturated rings. The largest absolute Gasteiger partial charge is 0.273 e. The lowest BCUT2D eigenvalue weighted by atomic mass is 9.85. The van der Waals surface area contributed by atoms with Crippen molar-refractivity contribution in [2.45, 2.75) is 38.0 Å². The lowest BCUT2D eigenvalue weighted by Gasteiger charge is -2.18. The van der Waals surface area contributed by atoms with Gasteiger partial charge in [0, 0.05) is 5.41 Å². The molecular weight excluding hydrogens is 368 g/mol. The van der Waals surface area contributed by atoms with Crippen molar-refractivity contribution < 1.29 is 4.79 Å². The minimum absolute atomic E-state index is 0.00682. The highest BCUT2D eigenvalue weighted by Crippen LogP contribution is 2.58. The molecular formula is C27H28N2O. The molecule has 0 spiro atoms. The van der Waals surface area contributed by atoms with Crippen LogP contribution in [0.25, 0.3) is 0 Å². The van der Waals surface area contributed by atoms with E-state index in [-0.39, 0.29) is 17.2 Å². The maximum Gasteiger partial charge on any atom is 0.244 e. The number of hydrogen-bond acceptors (Lipinski definition) is 2. The molecule has 3 heteroatoms. The topological polar surface area (TPSA) is 41.5 Å². The van der Waals surface area contributed by atoms with E-state index in [9.17, 15) is 4.79 Å². The number of amides is 1. The van der Waals surface area contributed by atoms with Crippen molar-refractivity contribution in [3.05, 3.63) is 108 Å². The second-order valence-corrected chi connectivity index (χ2v) is 7.96. The van der Waals surface area contributed by atoms with Gasteiger partial charge in [0.2, 0.25) is 5.91 Å². The Hall–Kier alpha value is -3.20. The third-order valence-corrected chi connectivity index (χ3v) is 6.03. The van der Waals surface area contributed by atoms with Gasteiger partial charge in [-0.05, 0) is 36.0 Å². The van der Waals surface area contributed by atoms with Crippen LogP contribution >= 0.6 is 0 Å². The maximum atomic E-state index is 13.2. The molecule has 0 bridgehead atoms. The highest BCUT2D eigenvalue weighted by atomic mass is 16.2. The van der Waals surface area contributed by atoms with Crippen LogP contribution in [-0.4, -0.2) is 11.6 Å². The first-order valence-electron chi connectivity index (χ1n) is 10.8. The van der Waals surface area contributed by atoms with Gasteiger partial charge in [-0.25, -0.2) is 5.43 Å². The number of benzene rings is 3. The summed E-state index contributed by atoms with van der Waals surface area (Å²) in [6, 6.07) is 30.8. The van der Waals surface area contributed by atoms with Crippen molar-refractivity contribution in [3.8, 4) is 0 Å². The van der Waals surface area contributed by atoms with Crippen molar-refractivity contribution in [1.29, 1.82) is 0 Å². The van der Waals surface area contributed by atoms with Gasteiger partial charge >= 0.3 is 0 Å². The van der Waals surface area contributed by atoms with Crippen molar-refractivity contribution in [2.24, 2.45) is 11.0 Å². The lowest BCUT2D eigenvalue weighted by Crippen LogP contribution is -2.26. The zero-order valence-corrected chi connectivity index (χ0v) is 17.4. The molecule has 1 aliphatic rings. The van der Waals surface area contributed by atoms with Crippen LogP contribution in [0.4, 0.5) is 0 Å². The lowest BCUT2D eigenvalue weighted by molar-refractivity contribution is -0.122. The monoisotopic (exact) mass is 396 g/mol. The normalized spacial score (nSPS) is 17.4. The van der Waals surface area contributed by atoms with Gasteiger partial charge in [0.15, 0.2) is 0 Å². The van der Waals surface area contributed by atoms with Crippen LogP contribution in [0.3, 0.4) is 0 Å². The summed E-state index contributed by atoms with van der Waals surface area (Å²) in [4.78, 5) is 13.2. The molecule has 1 saturated carbocycles. The predicted molar refractivity (Wildman–Crippen MR) is 122 cm³/mol. The number of unbranched alkanes of at least 4 members (excludes halogenated alkanes) is 1. The van der Waals surface area contributed by atoms with Crippen LogP contribution in [0.1, 0.15) is 49.3 Å². The summed E-state index contributed by atoms with van der Waals surface area (Å²) in [6.45, 7) is 2.17. The molecule has 1 aliphatic carbocycles. The zero-order chi connectivity index (χ0) is 20.8. The quantitative estimate of drug-likeness (QED) is 0.385. The molecule has 1 N–H and O–H groups in total. The zero-order valence-electron chi connectivity index (χ0n) is 17.4. The average molecular weight is 397 g/mol. The number of nitrogens with zero attached hydrogens (tertiary/aromatic N) is 1. The molecule has 0 aliphatic heterocycles. The molecule has 1 amide bonds. The van der Waals surface area contributed by atoms with Crippen molar-refractivity contribution >= 4 is 11.6 Å². The summed E-state index contributed by atoms with van der Waals surface area (Å²) >= 11 is 0. The van der Waals surface area contributed by atoms with E-state index in [1.54, 1.807) is 0 Å². The van der Waals surface area contributed by atoms with E-state index in [2.05, 4.69) is 53.8 Å². The first-order valence-corrected chi connectivity index (χ1v) is 10.8. The van der Waals surface area contributed by atoms with Crippen LogP contribution in [0.15, 0.2) is 96.1 Å². The third kappa shape index (κ3) is 4.06. The molecule has 0 heterocycles. The minimum Gasteiger partial charge on any atom is -0.273 e. The molecule has 0 radical (unpaired) electrons. The Morgan fingerprint density at radius 1 is 0.900 bits per heavy atom. The second kappa shape index (κ2) is 9.08. The standard InChI is InChI=1S/C27H28N2O/c1-2-3-19-25(21-13-7-4-8-14-21)28-29-26(30)24-20-27(24,22-15-9-5-10-16-22)23-17-11-6-12-18-23/h4-18,24H,2-3,19-20H2,1H3,(H,29,30)/b28-25+. The molecule has 152 valence electrons. The number of carbonyl (C=O) groups excluding carboxylic acids is 1. The Bertz CT molecular complexity index is 957. The van der Waals surface area contributed by atoms with Gasteiger partial charge in [-0.15, -0.1) is 0 Å². The number of carbonyl (C=O) groups is 1. The van der Waals surface area contributed by atoms with Crippen LogP contribution in [-0.2, 0) is 10.2 Å². The highest BCUT2D eigenvalue weighted by Gasteiger charge is 2.60. The maximum absolute atomic E-state index is 13.2. The molecule has 3 aromatic carbocycles. The van der Waals surface area contributed by atoms with E-state index < -0.39 is 0 Å². The van der Waals surface area contributed by atoms with Crippen LogP contribution in [0, 0.1) is 5.92 Å². The predicted octanol–water partition coefficient (Wildman–Crippen LogP) is 5.70. The van der Waals surface area contributed by atoms with Gasteiger partial charge in [-0.1, -0.05) is 104 Å². The van der Waals surface area contributed by atoms with E-state index in [0.717, 1.165) is 37.0 Å². The Kier molecular flexibility index (Phi) is 6.08. The van der Waals surface area contributed by atoms with E-state index in [1.807, 2.05) is 54.6 Å². The third-order valence-electron chi connectivity index (χ3n) is 6.03. The number of rotatable bonds is 8. The fraction of sp³-hybridized carbons (Fsp3) is 0.259. The molecule has 4 rings (SSSR count). The van der Waals surface area contributed by atoms with E-state index >= 15 is 0 Å². The first kappa shape index (κ1) is 20.1. The molecule has 3 aromatic rings. The van der Waals surface area contributed by atoms with Gasteiger partial charge in [0.25, 0.3) is 0 Å². The molecule has 30 heavy (non-hydrogen) atoms. The van der Waals surface area contributed by atoms with Crippen LogP contribution in [0.2, 0.25) is 0 Å². The Morgan fingerprint density at radius 2 is 1.43 bits per heavy atom. The summed E-state index contributed by atoms with van der Waals surface area (Å²) < 4.78 is 0. The minimum atomic E-state index is -0.265. The molecule has 1 unspecified atom stereocenters. The second-order valence-electron chi connectivity index (χ2n) is 7.96. The molecule has 0 saturated heterocycles. The van der Waals surface area contributed by atoms with Crippen LogP contribution < -0.4 is 5.43 Å². The Balaban J connectivity index is 1.58. The SMILES string of the molecule is CCCC/C(=N\NC(=O)C1CC1(c1ccccc1)c1ccccc1)c1ccccc1.